The van der Waals surface area contributed by atoms with Crippen LogP contribution in [0.25, 0.3) is 0 Å². The number of anilines is 3. The fraction of sp³-hybridized carbons (Fsp3) is 0.375. The maximum atomic E-state index is 11.8. The summed E-state index contributed by atoms with van der Waals surface area (Å²) < 4.78 is 4.90. The van der Waals surface area contributed by atoms with E-state index in [2.05, 4.69) is 25.2 Å². The smallest absolute Gasteiger partial charge is 0.248 e. The number of rotatable bonds is 5. The van der Waals surface area contributed by atoms with Crippen LogP contribution in [-0.4, -0.2) is 65.7 Å². The molecule has 0 atom stereocenters. The van der Waals surface area contributed by atoms with Crippen molar-refractivity contribution in [1.29, 1.82) is 0 Å². The summed E-state index contributed by atoms with van der Waals surface area (Å²) in [6.45, 7) is 2.92. The van der Waals surface area contributed by atoms with Crippen LogP contribution in [0.15, 0.2) is 36.8 Å². The number of piperazine rings is 1. The number of carbonyl (C=O) groups is 1. The molecule has 0 aliphatic carbocycles. The molecule has 0 bridgehead atoms. The average Bonchev–Trinajstić information content (AvgIpc) is 2.63. The molecule has 0 unspecified atom stereocenters. The van der Waals surface area contributed by atoms with Crippen LogP contribution < -0.4 is 10.2 Å². The normalized spacial score (nSPS) is 14.5. The molecular weight excluding hydrogens is 308 g/mol. The van der Waals surface area contributed by atoms with Crippen LogP contribution in [0, 0.1) is 0 Å². The zero-order chi connectivity index (χ0) is 16.8. The second-order valence-corrected chi connectivity index (χ2v) is 5.40. The van der Waals surface area contributed by atoms with Crippen molar-refractivity contribution in [3.63, 3.8) is 0 Å². The van der Waals surface area contributed by atoms with Gasteiger partial charge in [-0.05, 0) is 12.1 Å². The molecule has 3 heterocycles. The predicted octanol–water partition coefficient (Wildman–Crippen LogP) is 0.910. The number of nitrogens with one attached hydrogen (secondary N) is 1. The Bertz CT molecular complexity index is 673. The van der Waals surface area contributed by atoms with Crippen LogP contribution in [0.1, 0.15) is 0 Å². The molecule has 0 aromatic carbocycles. The van der Waals surface area contributed by atoms with Crippen molar-refractivity contribution in [2.45, 2.75) is 0 Å². The minimum Gasteiger partial charge on any atom is -0.375 e. The van der Waals surface area contributed by atoms with Crippen molar-refractivity contribution in [3.05, 3.63) is 36.8 Å². The molecule has 8 nitrogen and oxygen atoms in total. The van der Waals surface area contributed by atoms with Gasteiger partial charge in [0.1, 0.15) is 30.4 Å². The number of amides is 1. The van der Waals surface area contributed by atoms with E-state index in [0.717, 1.165) is 24.7 Å². The third-order valence-electron chi connectivity index (χ3n) is 3.80. The van der Waals surface area contributed by atoms with Gasteiger partial charge < -0.3 is 19.9 Å². The van der Waals surface area contributed by atoms with E-state index in [1.165, 1.54) is 13.4 Å². The highest BCUT2D eigenvalue weighted by atomic mass is 16.5. The average molecular weight is 328 g/mol. The summed E-state index contributed by atoms with van der Waals surface area (Å²) in [6, 6.07) is 7.54. The van der Waals surface area contributed by atoms with Gasteiger partial charge in [0.05, 0.1) is 0 Å². The number of pyridine rings is 1. The summed E-state index contributed by atoms with van der Waals surface area (Å²) in [6.07, 6.45) is 3.25. The Morgan fingerprint density at radius 3 is 2.71 bits per heavy atom. The quantitative estimate of drug-likeness (QED) is 0.873. The summed E-state index contributed by atoms with van der Waals surface area (Å²) in [5, 5.41) is 3.16. The molecule has 1 aliphatic heterocycles. The van der Waals surface area contributed by atoms with Crippen molar-refractivity contribution in [1.82, 2.24) is 19.9 Å². The zero-order valence-corrected chi connectivity index (χ0v) is 13.6. The first-order valence-corrected chi connectivity index (χ1v) is 7.78. The van der Waals surface area contributed by atoms with Gasteiger partial charge in [-0.2, -0.15) is 0 Å². The summed E-state index contributed by atoms with van der Waals surface area (Å²) in [5.41, 5.74) is 0. The Kier molecular flexibility index (Phi) is 5.17. The Labute approximate surface area is 140 Å². The fourth-order valence-corrected chi connectivity index (χ4v) is 2.56. The lowest BCUT2D eigenvalue weighted by atomic mass is 10.3. The van der Waals surface area contributed by atoms with Crippen LogP contribution in [0.2, 0.25) is 0 Å². The molecule has 1 N–H and O–H groups in total. The van der Waals surface area contributed by atoms with E-state index >= 15 is 0 Å². The molecule has 24 heavy (non-hydrogen) atoms. The minimum atomic E-state index is 0.0253. The molecule has 1 fully saturated rings. The monoisotopic (exact) mass is 328 g/mol. The van der Waals surface area contributed by atoms with E-state index < -0.39 is 0 Å². The first kappa shape index (κ1) is 16.1. The standard InChI is InChI=1S/C16H20N6O2/c1-24-11-16(23)22-8-6-21(7-9-22)15-10-14(18-12-19-15)20-13-4-2-3-5-17-13/h2-5,10,12H,6-9,11H2,1H3,(H,17,18,19,20). The zero-order valence-electron chi connectivity index (χ0n) is 13.6. The van der Waals surface area contributed by atoms with Crippen LogP contribution in [-0.2, 0) is 9.53 Å². The molecule has 2 aromatic rings. The largest absolute Gasteiger partial charge is 0.375 e. The SMILES string of the molecule is COCC(=O)N1CCN(c2cc(Nc3ccccn3)ncn2)CC1. The number of ether oxygens (including phenoxy) is 1. The van der Waals surface area contributed by atoms with Gasteiger partial charge in [-0.25, -0.2) is 15.0 Å². The lowest BCUT2D eigenvalue weighted by Gasteiger charge is -2.35. The second kappa shape index (κ2) is 7.69. The second-order valence-electron chi connectivity index (χ2n) is 5.40. The summed E-state index contributed by atoms with van der Waals surface area (Å²) in [4.78, 5) is 28.6. The Morgan fingerprint density at radius 1 is 1.17 bits per heavy atom. The number of hydrogen-bond acceptors (Lipinski definition) is 7. The lowest BCUT2D eigenvalue weighted by molar-refractivity contribution is -0.135. The molecular formula is C16H20N6O2. The summed E-state index contributed by atoms with van der Waals surface area (Å²) in [5.74, 6) is 2.29. The van der Waals surface area contributed by atoms with Crippen molar-refractivity contribution >= 4 is 23.4 Å². The van der Waals surface area contributed by atoms with E-state index in [1.807, 2.05) is 29.2 Å². The van der Waals surface area contributed by atoms with Gasteiger partial charge in [0.25, 0.3) is 0 Å². The van der Waals surface area contributed by atoms with Crippen molar-refractivity contribution < 1.29 is 9.53 Å². The Balaban J connectivity index is 1.62. The third kappa shape index (κ3) is 3.96. The molecule has 8 heteroatoms. The van der Waals surface area contributed by atoms with E-state index in [1.54, 1.807) is 6.20 Å². The maximum absolute atomic E-state index is 11.8. The van der Waals surface area contributed by atoms with Crippen molar-refractivity contribution in [2.75, 3.05) is 50.1 Å². The van der Waals surface area contributed by atoms with Gasteiger partial charge in [-0.1, -0.05) is 6.07 Å². The predicted molar refractivity (Wildman–Crippen MR) is 90.2 cm³/mol. The topological polar surface area (TPSA) is 83.5 Å². The van der Waals surface area contributed by atoms with E-state index in [0.29, 0.717) is 18.9 Å². The number of nitrogens with zero attached hydrogens (tertiary/aromatic N) is 5. The van der Waals surface area contributed by atoms with Gasteiger partial charge in [0.2, 0.25) is 5.91 Å². The van der Waals surface area contributed by atoms with E-state index in [9.17, 15) is 4.79 Å². The van der Waals surface area contributed by atoms with E-state index in [-0.39, 0.29) is 12.5 Å². The molecule has 126 valence electrons. The van der Waals surface area contributed by atoms with Crippen LogP contribution in [0.3, 0.4) is 0 Å². The molecule has 0 spiro atoms. The third-order valence-corrected chi connectivity index (χ3v) is 3.80. The first-order chi connectivity index (χ1) is 11.8. The minimum absolute atomic E-state index is 0.0253. The molecule has 1 amide bonds. The van der Waals surface area contributed by atoms with Gasteiger partial charge in [-0.15, -0.1) is 0 Å². The van der Waals surface area contributed by atoms with Crippen LogP contribution in [0.4, 0.5) is 17.5 Å². The number of aromatic nitrogens is 3. The Morgan fingerprint density at radius 2 is 2.00 bits per heavy atom. The first-order valence-electron chi connectivity index (χ1n) is 7.78. The maximum Gasteiger partial charge on any atom is 0.248 e. The van der Waals surface area contributed by atoms with Crippen LogP contribution >= 0.6 is 0 Å². The molecule has 1 saturated heterocycles. The molecule has 0 saturated carbocycles. The number of hydrogen-bond donors (Lipinski definition) is 1. The van der Waals surface area contributed by atoms with Gasteiger partial charge in [0, 0.05) is 45.6 Å². The number of methoxy groups -OCH3 is 1. The lowest BCUT2D eigenvalue weighted by Crippen LogP contribution is -2.50. The van der Waals surface area contributed by atoms with E-state index in [4.69, 9.17) is 4.74 Å². The van der Waals surface area contributed by atoms with Crippen molar-refractivity contribution in [2.24, 2.45) is 0 Å². The van der Waals surface area contributed by atoms with Crippen LogP contribution in [0.5, 0.6) is 0 Å². The number of carbonyl (C=O) groups excluding carboxylic acids is 1. The highest BCUT2D eigenvalue weighted by Crippen LogP contribution is 2.18. The summed E-state index contributed by atoms with van der Waals surface area (Å²) >= 11 is 0. The summed E-state index contributed by atoms with van der Waals surface area (Å²) in [7, 11) is 1.53. The van der Waals surface area contributed by atoms with Gasteiger partial charge >= 0.3 is 0 Å². The highest BCUT2D eigenvalue weighted by Gasteiger charge is 2.21. The molecule has 2 aromatic heterocycles. The van der Waals surface area contributed by atoms with Gasteiger partial charge in [0.15, 0.2) is 0 Å². The fourth-order valence-electron chi connectivity index (χ4n) is 2.56. The molecule has 3 rings (SSSR count). The molecule has 0 radical (unpaired) electrons. The molecule has 1 aliphatic rings. The van der Waals surface area contributed by atoms with Crippen molar-refractivity contribution in [3.8, 4) is 0 Å². The highest BCUT2D eigenvalue weighted by molar-refractivity contribution is 5.77. The van der Waals surface area contributed by atoms with Gasteiger partial charge in [-0.3, -0.25) is 4.79 Å². The Hall–Kier alpha value is -2.74.